The first-order chi connectivity index (χ1) is 17.1. The summed E-state index contributed by atoms with van der Waals surface area (Å²) >= 11 is 0. The molecule has 0 bridgehead atoms. The van der Waals surface area contributed by atoms with Crippen molar-refractivity contribution in [2.24, 2.45) is 0 Å². The fourth-order valence-corrected chi connectivity index (χ4v) is 3.66. The number of pyridine rings is 1. The Morgan fingerprint density at radius 1 is 1.11 bits per heavy atom. The van der Waals surface area contributed by atoms with E-state index in [0.717, 1.165) is 23.3 Å². The lowest BCUT2D eigenvalue weighted by molar-refractivity contribution is -0.712. The van der Waals surface area contributed by atoms with Crippen LogP contribution in [0.3, 0.4) is 0 Å². The summed E-state index contributed by atoms with van der Waals surface area (Å²) in [6, 6.07) is 14.2. The van der Waals surface area contributed by atoms with Crippen LogP contribution in [0, 0.1) is 17.5 Å². The van der Waals surface area contributed by atoms with Crippen LogP contribution in [0.2, 0.25) is 0 Å². The molecule has 2 aromatic carbocycles. The van der Waals surface area contributed by atoms with Crippen LogP contribution in [-0.2, 0) is 28.8 Å². The van der Waals surface area contributed by atoms with Crippen molar-refractivity contribution in [3.05, 3.63) is 95.1 Å². The maximum Gasteiger partial charge on any atom is 0.285 e. The van der Waals surface area contributed by atoms with Crippen LogP contribution in [0.4, 0.5) is 24.7 Å². The van der Waals surface area contributed by atoms with Crippen molar-refractivity contribution < 1.29 is 41.1 Å². The highest BCUT2D eigenvalue weighted by Gasteiger charge is 2.18. The highest BCUT2D eigenvalue weighted by molar-refractivity contribution is 7.44. The quantitative estimate of drug-likeness (QED) is 0.174. The molecule has 9 nitrogen and oxygen atoms in total. The molecule has 0 aliphatic rings. The molecule has 0 spiro atoms. The first kappa shape index (κ1) is 25.4. The van der Waals surface area contributed by atoms with Gasteiger partial charge in [-0.15, -0.1) is 0 Å². The third-order valence-corrected chi connectivity index (χ3v) is 5.67. The van der Waals surface area contributed by atoms with Crippen LogP contribution >= 0.6 is 7.82 Å². The van der Waals surface area contributed by atoms with Gasteiger partial charge >= 0.3 is 0 Å². The molecule has 1 atom stereocenters. The third-order valence-electron chi connectivity index (χ3n) is 5.23. The maximum absolute atomic E-state index is 13.8. The molecular formula is C23H20F3N4O5P. The molecule has 0 radical (unpaired) electrons. The zero-order chi connectivity index (χ0) is 25.9. The second-order valence-corrected chi connectivity index (χ2v) is 8.95. The lowest BCUT2D eigenvalue weighted by Gasteiger charge is -2.14. The Labute approximate surface area is 203 Å². The number of rotatable bonds is 9. The van der Waals surface area contributed by atoms with Gasteiger partial charge in [-0.3, -0.25) is 14.8 Å². The van der Waals surface area contributed by atoms with E-state index >= 15 is 0 Å². The van der Waals surface area contributed by atoms with Gasteiger partial charge in [0, 0.05) is 19.0 Å². The summed E-state index contributed by atoms with van der Waals surface area (Å²) in [5, 5.41) is 6.78. The van der Waals surface area contributed by atoms with Crippen molar-refractivity contribution in [2.75, 3.05) is 11.1 Å². The number of hydrogen-bond donors (Lipinski definition) is 3. The van der Waals surface area contributed by atoms with Crippen LogP contribution in [0.15, 0.2) is 65.3 Å². The number of anilines is 2. The molecule has 4 rings (SSSR count). The number of halogens is 3. The number of hydrogen-bond acceptors (Lipinski definition) is 7. The smallest absolute Gasteiger partial charge is 0.285 e. The summed E-state index contributed by atoms with van der Waals surface area (Å²) in [4.78, 5) is 19.6. The van der Waals surface area contributed by atoms with Gasteiger partial charge in [0.2, 0.25) is 0 Å². The average Bonchev–Trinajstić information content (AvgIpc) is 3.30. The fraction of sp³-hybridized carbons (Fsp3) is 0.130. The van der Waals surface area contributed by atoms with Gasteiger partial charge in [-0.05, 0) is 35.4 Å². The van der Waals surface area contributed by atoms with Gasteiger partial charge in [-0.2, -0.15) is 0 Å². The molecule has 188 valence electrons. The molecule has 0 aliphatic carbocycles. The highest BCUT2D eigenvalue weighted by Crippen LogP contribution is 2.30. The molecule has 36 heavy (non-hydrogen) atoms. The summed E-state index contributed by atoms with van der Waals surface area (Å²) in [7, 11) is -4.91. The van der Waals surface area contributed by atoms with E-state index in [4.69, 9.17) is 15.2 Å². The summed E-state index contributed by atoms with van der Waals surface area (Å²) in [6.45, 7) is -0.312. The van der Waals surface area contributed by atoms with Crippen LogP contribution in [0.25, 0.3) is 11.3 Å². The highest BCUT2D eigenvalue weighted by atomic mass is 31.2. The minimum atomic E-state index is -4.91. The molecule has 2 heterocycles. The molecule has 0 fully saturated rings. The number of nitrogens with two attached hydrogens (primary N) is 1. The zero-order valence-electron chi connectivity index (χ0n) is 18.5. The first-order valence-corrected chi connectivity index (χ1v) is 12.0. The lowest BCUT2D eigenvalue weighted by atomic mass is 10.1. The summed E-state index contributed by atoms with van der Waals surface area (Å²) in [5.41, 5.74) is 8.67. The zero-order valence-corrected chi connectivity index (χ0v) is 19.4. The summed E-state index contributed by atoms with van der Waals surface area (Å²) < 4.78 is 62.1. The molecule has 4 aromatic rings. The van der Waals surface area contributed by atoms with Crippen molar-refractivity contribution in [3.8, 4) is 11.3 Å². The molecule has 0 aliphatic heterocycles. The predicted molar refractivity (Wildman–Crippen MR) is 120 cm³/mol. The van der Waals surface area contributed by atoms with Crippen molar-refractivity contribution in [1.29, 1.82) is 0 Å². The SMILES string of the molecule is Nc1c(-c2cc(Cc3ccc(CNc4ccc(F)c(F)c4F)cc3)no2)ccc[n+]1COP(=O)([O-])O. The fourth-order valence-electron chi connectivity index (χ4n) is 3.39. The van der Waals surface area contributed by atoms with Gasteiger partial charge in [0.05, 0.1) is 17.6 Å². The van der Waals surface area contributed by atoms with Crippen molar-refractivity contribution in [2.45, 2.75) is 19.7 Å². The van der Waals surface area contributed by atoms with E-state index < -0.39 is 32.0 Å². The van der Waals surface area contributed by atoms with Crippen molar-refractivity contribution in [1.82, 2.24) is 5.16 Å². The molecular weight excluding hydrogens is 500 g/mol. The molecule has 0 saturated heterocycles. The average molecular weight is 520 g/mol. The normalized spacial score (nSPS) is 12.9. The van der Waals surface area contributed by atoms with Gasteiger partial charge in [0.15, 0.2) is 29.9 Å². The van der Waals surface area contributed by atoms with E-state index in [1.54, 1.807) is 30.3 Å². The van der Waals surface area contributed by atoms with Crippen LogP contribution < -0.4 is 20.5 Å². The Kier molecular flexibility index (Phi) is 7.41. The first-order valence-electron chi connectivity index (χ1n) is 10.5. The Hall–Kier alpha value is -3.70. The van der Waals surface area contributed by atoms with Gasteiger partial charge < -0.3 is 19.6 Å². The Morgan fingerprint density at radius 2 is 1.83 bits per heavy atom. The summed E-state index contributed by atoms with van der Waals surface area (Å²) in [5.74, 6) is -3.56. The largest absolute Gasteiger partial charge is 0.756 e. The van der Waals surface area contributed by atoms with Crippen molar-refractivity contribution >= 4 is 19.3 Å². The van der Waals surface area contributed by atoms with Crippen LogP contribution in [-0.4, -0.2) is 10.1 Å². The topological polar surface area (TPSA) is 138 Å². The second-order valence-electron chi connectivity index (χ2n) is 7.76. The number of nitrogens with one attached hydrogen (secondary N) is 1. The van der Waals surface area contributed by atoms with E-state index in [0.29, 0.717) is 23.4 Å². The molecule has 0 saturated carbocycles. The molecule has 1 unspecified atom stereocenters. The Bertz CT molecular complexity index is 1430. The number of benzene rings is 2. The molecule has 2 aromatic heterocycles. The Morgan fingerprint density at radius 3 is 2.56 bits per heavy atom. The Balaban J connectivity index is 1.40. The number of nitrogen functional groups attached to an aromatic ring is 1. The van der Waals surface area contributed by atoms with Crippen LogP contribution in [0.5, 0.6) is 0 Å². The number of nitrogens with zero attached hydrogens (tertiary/aromatic N) is 2. The lowest BCUT2D eigenvalue weighted by Crippen LogP contribution is -2.38. The van der Waals surface area contributed by atoms with E-state index in [2.05, 4.69) is 15.0 Å². The summed E-state index contributed by atoms with van der Waals surface area (Å²) in [6.07, 6.45) is 1.90. The second kappa shape index (κ2) is 10.5. The van der Waals surface area contributed by atoms with Gasteiger partial charge in [0.1, 0.15) is 5.56 Å². The molecule has 13 heteroatoms. The monoisotopic (exact) mass is 520 g/mol. The molecule has 4 N–H and O–H groups in total. The molecule has 0 amide bonds. The van der Waals surface area contributed by atoms with Crippen LogP contribution in [0.1, 0.15) is 16.8 Å². The van der Waals surface area contributed by atoms with E-state index in [9.17, 15) is 22.6 Å². The maximum atomic E-state index is 13.8. The van der Waals surface area contributed by atoms with Gasteiger partial charge in [-0.25, -0.2) is 17.7 Å². The number of phosphoric ester groups is 1. The van der Waals surface area contributed by atoms with Gasteiger partial charge in [0.25, 0.3) is 13.6 Å². The van der Waals surface area contributed by atoms with E-state index in [1.165, 1.54) is 10.8 Å². The standard InChI is InChI=1S/C23H20F3N4O5P/c24-18-7-8-19(22(26)21(18)25)28-12-15-5-3-14(4-6-15)10-16-11-20(35-29-16)17-2-1-9-30(23(17)27)13-34-36(31,32)33/h1-9,11,27-28H,10,12-13H2,(H2,31,32,33). The number of aromatic nitrogens is 2. The minimum absolute atomic E-state index is 0.139. The third kappa shape index (κ3) is 6.10. The van der Waals surface area contributed by atoms with Gasteiger partial charge in [-0.1, -0.05) is 29.4 Å². The van der Waals surface area contributed by atoms with E-state index in [-0.39, 0.29) is 18.1 Å². The minimum Gasteiger partial charge on any atom is -0.756 e. The van der Waals surface area contributed by atoms with Crippen molar-refractivity contribution in [3.63, 3.8) is 0 Å². The number of phosphoric acid groups is 1. The predicted octanol–water partition coefficient (Wildman–Crippen LogP) is 3.27. The van der Waals surface area contributed by atoms with E-state index in [1.807, 2.05) is 12.1 Å².